The fourth-order valence-electron chi connectivity index (χ4n) is 16.7. The zero-order valence-corrected chi connectivity index (χ0v) is 66.0. The van der Waals surface area contributed by atoms with Gasteiger partial charge in [0.25, 0.3) is 0 Å². The van der Waals surface area contributed by atoms with Crippen molar-refractivity contribution in [3.8, 4) is 78.6 Å². The second-order valence-electron chi connectivity index (χ2n) is 30.0. The monoisotopic (exact) mass is 1570 g/mol. The van der Waals surface area contributed by atoms with Crippen molar-refractivity contribution in [2.24, 2.45) is 0 Å². The predicted octanol–water partition coefficient (Wildman–Crippen LogP) is 29.0. The lowest BCUT2D eigenvalue weighted by molar-refractivity contribution is 0.102. The number of hydrogen-bond donors (Lipinski definition) is 0. The molecule has 0 aliphatic carbocycles. The predicted molar refractivity (Wildman–Crippen MR) is 492 cm³/mol. The van der Waals surface area contributed by atoms with Gasteiger partial charge in [-0.05, 0) is 232 Å². The third kappa shape index (κ3) is 14.3. The number of para-hydroxylation sites is 12. The van der Waals surface area contributed by atoms with Crippen LogP contribution < -0.4 is 29.1 Å². The Hall–Kier alpha value is -16.6. The van der Waals surface area contributed by atoms with Gasteiger partial charge in [0.1, 0.15) is 0 Å². The van der Waals surface area contributed by atoms with Crippen molar-refractivity contribution >= 4 is 91.4 Å². The third-order valence-corrected chi connectivity index (χ3v) is 22.6. The Morgan fingerprint density at radius 1 is 0.189 bits per heavy atom. The van der Waals surface area contributed by atoms with E-state index in [0.29, 0.717) is 83.8 Å². The summed E-state index contributed by atoms with van der Waals surface area (Å²) in [5, 5.41) is 0. The van der Waals surface area contributed by atoms with Crippen molar-refractivity contribution in [2.75, 3.05) is 19.6 Å². The maximum atomic E-state index is 16.3. The molecule has 0 aromatic heterocycles. The van der Waals surface area contributed by atoms with Gasteiger partial charge in [-0.2, -0.15) is 0 Å². The van der Waals surface area contributed by atoms with Crippen LogP contribution in [0.15, 0.2) is 449 Å². The lowest BCUT2D eigenvalue weighted by Gasteiger charge is -2.33. The Morgan fingerprint density at radius 2 is 0.426 bits per heavy atom. The topological polar surface area (TPSA) is 99.7 Å². The van der Waals surface area contributed by atoms with E-state index in [1.54, 1.807) is 0 Å². The van der Waals surface area contributed by atoms with Gasteiger partial charge in [-0.3, -0.25) is 19.2 Å². The van der Waals surface area contributed by atoms with Gasteiger partial charge in [-0.15, -0.1) is 0 Å². The summed E-state index contributed by atoms with van der Waals surface area (Å²) < 4.78 is 12.8. The summed E-state index contributed by atoms with van der Waals surface area (Å²) in [7, 11) is 0. The van der Waals surface area contributed by atoms with Crippen LogP contribution in [0, 0.1) is 0 Å². The van der Waals surface area contributed by atoms with Gasteiger partial charge < -0.3 is 29.1 Å². The van der Waals surface area contributed by atoms with Crippen LogP contribution in [0.1, 0.15) is 63.7 Å². The number of carbonyl (C=O) groups excluding carboxylic acids is 4. The molecule has 2 aliphatic heterocycles. The molecule has 0 radical (unpaired) electrons. The molecule has 0 bridgehead atoms. The molecule has 18 aromatic rings. The summed E-state index contributed by atoms with van der Waals surface area (Å²) in [6.45, 7) is 0. The average molecular weight is 1570 g/mol. The minimum absolute atomic E-state index is 0.197. The van der Waals surface area contributed by atoms with Gasteiger partial charge in [0.05, 0.1) is 22.7 Å². The highest BCUT2D eigenvalue weighted by Gasteiger charge is 2.31. The number of carbonyl (C=O) groups is 4. The number of hydrogen-bond acceptors (Lipinski definition) is 10. The van der Waals surface area contributed by atoms with Crippen LogP contribution in [0.4, 0.5) is 68.2 Å². The van der Waals surface area contributed by atoms with Gasteiger partial charge in [-0.25, -0.2) is 0 Å². The highest BCUT2D eigenvalue weighted by atomic mass is 16.5. The van der Waals surface area contributed by atoms with Crippen LogP contribution in [-0.2, 0) is 0 Å². The summed E-state index contributed by atoms with van der Waals surface area (Å²) in [6, 6.07) is 146. The van der Waals surface area contributed by atoms with Gasteiger partial charge in [0.2, 0.25) is 0 Å². The van der Waals surface area contributed by atoms with Crippen molar-refractivity contribution in [2.45, 2.75) is 0 Å². The molecule has 2 heterocycles. The first-order valence-electron chi connectivity index (χ1n) is 40.6. The van der Waals surface area contributed by atoms with E-state index in [0.717, 1.165) is 108 Å². The minimum Gasteiger partial charge on any atom is -0.453 e. The number of ether oxygens (including phenoxy) is 2. The smallest absolute Gasteiger partial charge is 0.193 e. The molecule has 2 aliphatic rings. The van der Waals surface area contributed by atoms with E-state index in [-0.39, 0.29) is 23.1 Å². The van der Waals surface area contributed by atoms with Crippen LogP contribution in [0.5, 0.6) is 23.0 Å². The van der Waals surface area contributed by atoms with Gasteiger partial charge in [0.15, 0.2) is 46.1 Å². The molecule has 20 rings (SSSR count). The molecule has 10 heteroatoms. The van der Waals surface area contributed by atoms with Gasteiger partial charge in [0, 0.05) is 90.0 Å². The number of anilines is 12. The number of nitrogens with zero attached hydrogens (tertiary/aromatic N) is 4. The number of fused-ring (bicyclic) bond motifs is 4. The van der Waals surface area contributed by atoms with E-state index < -0.39 is 0 Å². The number of rotatable bonds is 21. The molecule has 0 spiro atoms. The Morgan fingerprint density at radius 3 is 0.738 bits per heavy atom. The Bertz CT molecular complexity index is 6810. The zero-order chi connectivity index (χ0) is 82.0. The lowest BCUT2D eigenvalue weighted by Crippen LogP contribution is -2.15. The second-order valence-corrected chi connectivity index (χ2v) is 30.0. The molecule has 578 valence electrons. The summed E-state index contributed by atoms with van der Waals surface area (Å²) >= 11 is 0. The summed E-state index contributed by atoms with van der Waals surface area (Å²) in [6.07, 6.45) is 0. The standard InChI is InChI=1S/C112H74N4O6/c117-109(80-28-7-1-8-29-80)97-71-94(79-60-68-92(69-61-79)116-103-44-21-25-48-107(103)122-108-49-26-22-45-104(108)116)99(72-93(97)78-58-66-91(67-59-78)115-101-42-19-23-46-105(101)121-106-47-24-20-43-102(106)115)111(119)82-52-50-75(51-53-82)83-32-27-33-84(70-83)112(120)100-74-95(76-54-62-89(63-55-76)113(85-34-11-3-12-35-85)86-36-13-4-14-37-86)98(110(118)81-30-9-2-10-31-81)73-96(100)77-56-64-90(65-57-77)114(87-38-15-5-16-39-87)88-40-17-6-18-41-88/h1-74H. The molecule has 0 N–H and O–H groups in total. The first-order valence-corrected chi connectivity index (χ1v) is 40.6. The molecule has 122 heavy (non-hydrogen) atoms. The van der Waals surface area contributed by atoms with E-state index in [1.807, 2.05) is 376 Å². The quantitative estimate of drug-likeness (QED) is 0.0647. The van der Waals surface area contributed by atoms with Crippen LogP contribution in [0.3, 0.4) is 0 Å². The second kappa shape index (κ2) is 32.5. The summed E-state index contributed by atoms with van der Waals surface area (Å²) in [4.78, 5) is 72.1. The van der Waals surface area contributed by atoms with E-state index in [4.69, 9.17) is 9.47 Å². The SMILES string of the molecule is O=C(c1ccccc1)c1cc(-c2ccc(N3c4ccccc4Oc4ccccc43)cc2)c(C(=O)c2ccc(-c3cccc(C(=O)c4cc(-c5ccc(N(c6ccccc6)c6ccccc6)cc5)c(C(=O)c5ccccc5)cc4-c4ccc(N(c5ccccc5)c5ccccc5)cc4)c3)cc2)cc1-c1ccc(N2c3ccccc3Oc3ccccc32)cc1. The molecular weight excluding hydrogens is 1500 g/mol. The highest BCUT2D eigenvalue weighted by Crippen LogP contribution is 2.53. The number of ketones is 4. The Labute approximate surface area is 707 Å². The van der Waals surface area contributed by atoms with Crippen LogP contribution >= 0.6 is 0 Å². The maximum Gasteiger partial charge on any atom is 0.193 e. The van der Waals surface area contributed by atoms with Gasteiger partial charge in [-0.1, -0.05) is 273 Å². The minimum atomic E-state index is -0.272. The molecule has 0 saturated heterocycles. The molecule has 0 fully saturated rings. The molecule has 18 aromatic carbocycles. The largest absolute Gasteiger partial charge is 0.453 e. The first-order chi connectivity index (χ1) is 60.2. The van der Waals surface area contributed by atoms with Crippen molar-refractivity contribution in [3.05, 3.63) is 493 Å². The van der Waals surface area contributed by atoms with Crippen LogP contribution in [-0.4, -0.2) is 23.1 Å². The van der Waals surface area contributed by atoms with Gasteiger partial charge >= 0.3 is 0 Å². The fraction of sp³-hybridized carbons (Fsp3) is 0. The Kier molecular flexibility index (Phi) is 19.8. The average Bonchev–Trinajstić information content (AvgIpc) is 0.763. The first kappa shape index (κ1) is 74.3. The highest BCUT2D eigenvalue weighted by molar-refractivity contribution is 6.20. The molecular formula is C112H74N4O6. The fourth-order valence-corrected chi connectivity index (χ4v) is 16.7. The lowest BCUT2D eigenvalue weighted by atomic mass is 9.84. The zero-order valence-electron chi connectivity index (χ0n) is 66.0. The van der Waals surface area contributed by atoms with Crippen molar-refractivity contribution in [1.82, 2.24) is 0 Å². The number of benzene rings is 18. The summed E-state index contributed by atoms with van der Waals surface area (Å²) in [5.41, 5.74) is 21.1. The van der Waals surface area contributed by atoms with Crippen molar-refractivity contribution in [3.63, 3.8) is 0 Å². The normalized spacial score (nSPS) is 11.7. The van der Waals surface area contributed by atoms with Crippen molar-refractivity contribution in [1.29, 1.82) is 0 Å². The van der Waals surface area contributed by atoms with Crippen LogP contribution in [0.2, 0.25) is 0 Å². The van der Waals surface area contributed by atoms with E-state index in [1.165, 1.54) is 0 Å². The molecule has 0 amide bonds. The van der Waals surface area contributed by atoms with Crippen molar-refractivity contribution < 1.29 is 28.7 Å². The maximum absolute atomic E-state index is 16.3. The molecule has 0 atom stereocenters. The summed E-state index contributed by atoms with van der Waals surface area (Å²) in [5.74, 6) is 1.93. The van der Waals surface area contributed by atoms with E-state index in [2.05, 4.69) is 92.4 Å². The molecule has 0 saturated carbocycles. The van der Waals surface area contributed by atoms with E-state index in [9.17, 15) is 0 Å². The molecule has 10 nitrogen and oxygen atoms in total. The molecule has 0 unspecified atom stereocenters. The third-order valence-electron chi connectivity index (χ3n) is 22.6. The Balaban J connectivity index is 0.696. The van der Waals surface area contributed by atoms with E-state index >= 15 is 19.2 Å². The van der Waals surface area contributed by atoms with Crippen LogP contribution in [0.25, 0.3) is 55.6 Å².